The van der Waals surface area contributed by atoms with Crippen molar-refractivity contribution in [2.45, 2.75) is 13.8 Å². The minimum Gasteiger partial charge on any atom is -0.338 e. The van der Waals surface area contributed by atoms with E-state index >= 15 is 0 Å². The summed E-state index contributed by atoms with van der Waals surface area (Å²) < 4.78 is 39.8. The average molecular weight is 583 g/mol. The predicted octanol–water partition coefficient (Wildman–Crippen LogP) is 5.72. The minimum absolute atomic E-state index is 0.0957. The van der Waals surface area contributed by atoms with Gasteiger partial charge in [-0.05, 0) is 46.6 Å². The van der Waals surface area contributed by atoms with Crippen molar-refractivity contribution in [3.63, 3.8) is 0 Å². The van der Waals surface area contributed by atoms with Gasteiger partial charge in [0, 0.05) is 22.9 Å². The predicted molar refractivity (Wildman–Crippen MR) is 145 cm³/mol. The van der Waals surface area contributed by atoms with Crippen LogP contribution >= 0.6 is 27.5 Å². The van der Waals surface area contributed by atoms with E-state index in [9.17, 15) is 13.9 Å². The van der Waals surface area contributed by atoms with Crippen LogP contribution in [0.2, 0.25) is 5.02 Å². The maximum absolute atomic E-state index is 13.3. The molecule has 0 spiro atoms. The number of anilines is 4. The highest BCUT2D eigenvalue weighted by molar-refractivity contribution is 7.67. The molecule has 202 valence electrons. The van der Waals surface area contributed by atoms with Crippen LogP contribution in [0.5, 0.6) is 0 Å². The molecule has 3 rings (SSSR count). The molecule has 15 heteroatoms. The summed E-state index contributed by atoms with van der Waals surface area (Å²) >= 11 is 6.30. The van der Waals surface area contributed by atoms with Crippen LogP contribution in [0.3, 0.4) is 0 Å². The van der Waals surface area contributed by atoms with Gasteiger partial charge in [-0.3, -0.25) is 14.2 Å². The number of nitrogens with one attached hydrogen (secondary N) is 3. The summed E-state index contributed by atoms with van der Waals surface area (Å²) in [6.07, 6.45) is 1.38. The van der Waals surface area contributed by atoms with Crippen molar-refractivity contribution in [3.8, 4) is 0 Å². The number of carbonyl (C=O) groups is 1. The zero-order chi connectivity index (χ0) is 27.7. The number of halogens is 1. The lowest BCUT2D eigenvalue weighted by molar-refractivity contribution is 0.0208. The molecule has 0 bridgehead atoms. The average Bonchev–Trinajstić information content (AvgIpc) is 2.90. The van der Waals surface area contributed by atoms with Crippen molar-refractivity contribution in [1.82, 2.24) is 15.4 Å². The van der Waals surface area contributed by atoms with Gasteiger partial charge >= 0.3 is 15.9 Å². The molecule has 3 N–H and O–H groups in total. The van der Waals surface area contributed by atoms with Crippen molar-refractivity contribution in [2.24, 2.45) is 5.92 Å². The first-order valence-corrected chi connectivity index (χ1v) is 14.2. The number of amides is 1. The first-order chi connectivity index (χ1) is 18.1. The number of nitrogens with zero attached hydrogens (tertiary/aromatic N) is 2. The summed E-state index contributed by atoms with van der Waals surface area (Å²) in [6, 6.07) is 13.0. The lowest BCUT2D eigenvalue weighted by Gasteiger charge is -2.16. The van der Waals surface area contributed by atoms with E-state index in [1.165, 1.54) is 19.4 Å². The van der Waals surface area contributed by atoms with Crippen molar-refractivity contribution in [3.05, 3.63) is 65.3 Å². The molecular formula is C23H27ClN5O7P2+. The van der Waals surface area contributed by atoms with E-state index in [1.807, 2.05) is 13.8 Å². The van der Waals surface area contributed by atoms with E-state index in [2.05, 4.69) is 30.6 Å². The van der Waals surface area contributed by atoms with Crippen LogP contribution < -0.4 is 21.4 Å². The topological polar surface area (TPSA) is 150 Å². The molecule has 0 saturated heterocycles. The summed E-state index contributed by atoms with van der Waals surface area (Å²) in [5.74, 6) is 0.306. The van der Waals surface area contributed by atoms with Gasteiger partial charge in [-0.25, -0.2) is 10.5 Å². The van der Waals surface area contributed by atoms with E-state index in [1.54, 1.807) is 42.5 Å². The fraction of sp³-hybridized carbons (Fsp3) is 0.261. The smallest absolute Gasteiger partial charge is 0.338 e. The number of hydrogen-bond acceptors (Lipinski definition) is 11. The normalized spacial score (nSPS) is 13.1. The molecule has 0 saturated carbocycles. The van der Waals surface area contributed by atoms with E-state index in [-0.39, 0.29) is 33.9 Å². The number of benzene rings is 2. The molecule has 0 aliphatic rings. The van der Waals surface area contributed by atoms with E-state index < -0.39 is 15.9 Å². The molecule has 2 atom stereocenters. The second kappa shape index (κ2) is 13.7. The molecule has 1 amide bonds. The molecule has 0 fully saturated rings. The molecule has 0 aliphatic heterocycles. The number of hydrogen-bond donors (Lipinski definition) is 3. The second-order valence-electron chi connectivity index (χ2n) is 8.04. The number of carbonyl (C=O) groups excluding carboxylic acids is 1. The van der Waals surface area contributed by atoms with Crippen molar-refractivity contribution in [1.29, 1.82) is 0 Å². The molecule has 1 heterocycles. The Morgan fingerprint density at radius 1 is 1.11 bits per heavy atom. The number of rotatable bonds is 13. The zero-order valence-corrected chi connectivity index (χ0v) is 23.5. The summed E-state index contributed by atoms with van der Waals surface area (Å²) in [5.41, 5.74) is 3.71. The first kappa shape index (κ1) is 29.6. The quantitative estimate of drug-likeness (QED) is 0.168. The van der Waals surface area contributed by atoms with Crippen LogP contribution in [0.4, 0.5) is 23.1 Å². The van der Waals surface area contributed by atoms with E-state index in [0.29, 0.717) is 23.5 Å². The Morgan fingerprint density at radius 2 is 1.82 bits per heavy atom. The van der Waals surface area contributed by atoms with Crippen molar-refractivity contribution in [2.75, 3.05) is 31.5 Å². The van der Waals surface area contributed by atoms with Crippen LogP contribution in [-0.2, 0) is 27.3 Å². The molecule has 2 aromatic carbocycles. The maximum Gasteiger partial charge on any atom is 0.706 e. The summed E-state index contributed by atoms with van der Waals surface area (Å²) in [7, 11) is -4.38. The van der Waals surface area contributed by atoms with E-state index in [0.717, 1.165) is 7.11 Å². The van der Waals surface area contributed by atoms with Crippen LogP contribution in [0.25, 0.3) is 0 Å². The third kappa shape index (κ3) is 8.02. The Labute approximate surface area is 225 Å². The van der Waals surface area contributed by atoms with Crippen LogP contribution in [0.1, 0.15) is 24.2 Å². The number of hydroxylamine groups is 1. The third-order valence-corrected chi connectivity index (χ3v) is 8.17. The molecule has 2 unspecified atom stereocenters. The highest BCUT2D eigenvalue weighted by Crippen LogP contribution is 2.55. The van der Waals surface area contributed by atoms with Crippen molar-refractivity contribution < 1.29 is 32.1 Å². The summed E-state index contributed by atoms with van der Waals surface area (Å²) in [4.78, 5) is 25.9. The monoisotopic (exact) mass is 582 g/mol. The fourth-order valence-corrected chi connectivity index (χ4v) is 5.54. The number of para-hydroxylation sites is 1. The molecular weight excluding hydrogens is 556 g/mol. The van der Waals surface area contributed by atoms with Gasteiger partial charge in [0.25, 0.3) is 5.91 Å². The van der Waals surface area contributed by atoms with Gasteiger partial charge in [-0.15, -0.1) is 4.52 Å². The largest absolute Gasteiger partial charge is 0.706 e. The Balaban J connectivity index is 1.77. The second-order valence-corrected chi connectivity index (χ2v) is 11.8. The lowest BCUT2D eigenvalue weighted by atomic mass is 10.2. The van der Waals surface area contributed by atoms with Gasteiger partial charge in [0.1, 0.15) is 5.02 Å². The molecule has 0 aliphatic carbocycles. The molecule has 38 heavy (non-hydrogen) atoms. The Bertz CT molecular complexity index is 1330. The number of aromatic nitrogens is 2. The highest BCUT2D eigenvalue weighted by atomic mass is 35.5. The molecule has 12 nitrogen and oxygen atoms in total. The van der Waals surface area contributed by atoms with Gasteiger partial charge < -0.3 is 15.2 Å². The van der Waals surface area contributed by atoms with Crippen molar-refractivity contribution >= 4 is 61.8 Å². The van der Waals surface area contributed by atoms with Crippen LogP contribution in [0, 0.1) is 5.92 Å². The fourth-order valence-electron chi connectivity index (χ4n) is 2.92. The summed E-state index contributed by atoms with van der Waals surface area (Å²) in [5, 5.41) is 6.29. The van der Waals surface area contributed by atoms with Gasteiger partial charge in [0.05, 0.1) is 30.9 Å². The summed E-state index contributed by atoms with van der Waals surface area (Å²) in [6.45, 7) is 4.36. The van der Waals surface area contributed by atoms with Crippen LogP contribution in [-0.4, -0.2) is 36.7 Å². The lowest BCUT2D eigenvalue weighted by Crippen LogP contribution is -2.25. The molecule has 3 aromatic rings. The molecule has 1 aromatic heterocycles. The van der Waals surface area contributed by atoms with E-state index in [4.69, 9.17) is 25.3 Å². The Hall–Kier alpha value is -2.95. The minimum atomic E-state index is -4.02. The Kier molecular flexibility index (Phi) is 10.7. The zero-order valence-electron chi connectivity index (χ0n) is 21.0. The van der Waals surface area contributed by atoms with Crippen LogP contribution in [0.15, 0.2) is 54.7 Å². The highest BCUT2D eigenvalue weighted by Gasteiger charge is 2.40. The van der Waals surface area contributed by atoms with Gasteiger partial charge in [-0.2, -0.15) is 4.98 Å². The Morgan fingerprint density at radius 3 is 2.47 bits per heavy atom. The maximum atomic E-state index is 13.3. The third-order valence-electron chi connectivity index (χ3n) is 4.74. The van der Waals surface area contributed by atoms with Gasteiger partial charge in [-0.1, -0.05) is 37.6 Å². The van der Waals surface area contributed by atoms with Gasteiger partial charge in [0.15, 0.2) is 5.82 Å². The standard InChI is InChI=1S/C23H26ClN5O7P2/c1-15(2)14-35-29-22(30)16-9-11-17(12-10-16)26-23-25-13-18(24)21(28-23)27-19-7-5-6-8-20(19)38(32,34-4)36-37(31)33-3/h5-13,15H,14H2,1-4H3,(H2-,25,26,27,28,29,30,32)/p+1. The van der Waals surface area contributed by atoms with Gasteiger partial charge in [0.2, 0.25) is 5.95 Å². The molecule has 0 radical (unpaired) electrons. The SMILES string of the molecule is CO[P+](=O)OP(=O)(OC)c1ccccc1Nc1nc(Nc2ccc(C(=O)NOCC(C)C)cc2)ncc1Cl. The first-order valence-electron chi connectivity index (χ1n) is 11.2.